The first-order valence-electron chi connectivity index (χ1n) is 9.49. The maximum atomic E-state index is 11.0. The fourth-order valence-electron chi connectivity index (χ4n) is 3.00. The summed E-state index contributed by atoms with van der Waals surface area (Å²) in [6, 6.07) is 0. The highest BCUT2D eigenvalue weighted by Gasteiger charge is 2.37. The van der Waals surface area contributed by atoms with Gasteiger partial charge in [-0.15, -0.1) is 0 Å². The third-order valence-electron chi connectivity index (χ3n) is 4.73. The van der Waals surface area contributed by atoms with E-state index in [-0.39, 0.29) is 6.42 Å². The molecule has 0 rings (SSSR count). The largest absolute Gasteiger partial charge is 0.481 e. The first-order chi connectivity index (χ1) is 12.3. The van der Waals surface area contributed by atoms with Crippen molar-refractivity contribution >= 4 is 5.97 Å². The van der Waals surface area contributed by atoms with Crippen LogP contribution in [0.2, 0.25) is 0 Å². The number of aliphatic carboxylic acids is 1. The van der Waals surface area contributed by atoms with E-state index >= 15 is 0 Å². The van der Waals surface area contributed by atoms with Gasteiger partial charge in [0.05, 0.1) is 19.1 Å². The smallest absolute Gasteiger partial charge is 0.303 e. The molecule has 0 aliphatic carbocycles. The van der Waals surface area contributed by atoms with E-state index < -0.39 is 49.0 Å². The van der Waals surface area contributed by atoms with Gasteiger partial charge in [-0.05, 0) is 12.3 Å². The summed E-state index contributed by atoms with van der Waals surface area (Å²) in [7, 11) is 0. The van der Waals surface area contributed by atoms with Crippen molar-refractivity contribution in [2.45, 2.75) is 95.2 Å². The lowest BCUT2D eigenvalue weighted by Gasteiger charge is -2.32. The average molecular weight is 380 g/mol. The van der Waals surface area contributed by atoms with Gasteiger partial charge in [0.1, 0.15) is 24.4 Å². The van der Waals surface area contributed by atoms with Crippen LogP contribution in [0.1, 0.15) is 64.7 Å². The molecule has 8 heteroatoms. The van der Waals surface area contributed by atoms with Crippen LogP contribution in [0.25, 0.3) is 0 Å². The lowest BCUT2D eigenvalue weighted by atomic mass is 9.86. The Morgan fingerprint density at radius 2 is 1.27 bits per heavy atom. The Labute approximate surface area is 155 Å². The molecule has 2 unspecified atom stereocenters. The third-order valence-corrected chi connectivity index (χ3v) is 4.73. The Hall–Kier alpha value is -0.770. The zero-order valence-corrected chi connectivity index (χ0v) is 15.6. The Kier molecular flexibility index (Phi) is 13.9. The predicted octanol–water partition coefficient (Wildman–Crippen LogP) is 0.0148. The van der Waals surface area contributed by atoms with Gasteiger partial charge in [-0.25, -0.2) is 0 Å². The third kappa shape index (κ3) is 9.80. The van der Waals surface area contributed by atoms with E-state index in [0.717, 1.165) is 32.1 Å². The van der Waals surface area contributed by atoms with Crippen LogP contribution in [0.15, 0.2) is 0 Å². The molecule has 0 aromatic heterocycles. The first kappa shape index (κ1) is 25.2. The van der Waals surface area contributed by atoms with E-state index in [0.29, 0.717) is 12.8 Å². The minimum atomic E-state index is -1.91. The van der Waals surface area contributed by atoms with Crippen LogP contribution >= 0.6 is 0 Å². The molecule has 0 saturated carbocycles. The number of rotatable bonds is 16. The van der Waals surface area contributed by atoms with Crippen LogP contribution in [0.3, 0.4) is 0 Å². The van der Waals surface area contributed by atoms with Gasteiger partial charge in [0.2, 0.25) is 0 Å². The number of hydrogen-bond donors (Lipinski definition) is 7. The number of carboxylic acids is 1. The number of unbranched alkanes of at least 4 members (excludes halogenated alkanes) is 6. The second-order valence-corrected chi connectivity index (χ2v) is 6.98. The molecule has 0 aromatic rings. The van der Waals surface area contributed by atoms with Crippen molar-refractivity contribution in [3.8, 4) is 0 Å². The topological polar surface area (TPSA) is 159 Å². The Morgan fingerprint density at radius 1 is 0.769 bits per heavy atom. The van der Waals surface area contributed by atoms with Crippen molar-refractivity contribution < 1.29 is 40.5 Å². The van der Waals surface area contributed by atoms with Crippen LogP contribution in [-0.4, -0.2) is 78.8 Å². The number of aliphatic hydroxyl groups excluding tert-OH is 6. The highest BCUT2D eigenvalue weighted by atomic mass is 16.4. The van der Waals surface area contributed by atoms with Crippen molar-refractivity contribution in [3.63, 3.8) is 0 Å². The molecule has 0 amide bonds. The van der Waals surface area contributed by atoms with Crippen LogP contribution in [-0.2, 0) is 4.79 Å². The normalized spacial score (nSPS) is 18.7. The fraction of sp³-hybridized carbons (Fsp3) is 0.944. The van der Waals surface area contributed by atoms with Gasteiger partial charge in [0, 0.05) is 0 Å². The number of carboxylic acid groups (broad SMARTS) is 1. The summed E-state index contributed by atoms with van der Waals surface area (Å²) in [5.41, 5.74) is 0. The van der Waals surface area contributed by atoms with Crippen molar-refractivity contribution in [2.75, 3.05) is 6.61 Å². The summed E-state index contributed by atoms with van der Waals surface area (Å²) in [6.45, 7) is 1.31. The van der Waals surface area contributed by atoms with E-state index in [2.05, 4.69) is 6.92 Å². The van der Waals surface area contributed by atoms with Gasteiger partial charge < -0.3 is 35.7 Å². The van der Waals surface area contributed by atoms with Crippen LogP contribution < -0.4 is 0 Å². The molecule has 8 nitrogen and oxygen atoms in total. The lowest BCUT2D eigenvalue weighted by Crippen LogP contribution is -2.51. The number of carbonyl (C=O) groups is 1. The molecule has 0 saturated heterocycles. The summed E-state index contributed by atoms with van der Waals surface area (Å²) >= 11 is 0. The zero-order valence-electron chi connectivity index (χ0n) is 15.6. The summed E-state index contributed by atoms with van der Waals surface area (Å²) in [6.07, 6.45) is -1.65. The van der Waals surface area contributed by atoms with Crippen LogP contribution in [0.4, 0.5) is 0 Å². The van der Waals surface area contributed by atoms with E-state index in [1.54, 1.807) is 0 Å². The minimum Gasteiger partial charge on any atom is -0.481 e. The molecular weight excluding hydrogens is 344 g/mol. The average Bonchev–Trinajstić information content (AvgIpc) is 2.62. The zero-order chi connectivity index (χ0) is 20.1. The molecule has 6 atom stereocenters. The van der Waals surface area contributed by atoms with Gasteiger partial charge in [0.15, 0.2) is 0 Å². The van der Waals surface area contributed by atoms with Crippen molar-refractivity contribution in [1.29, 1.82) is 0 Å². The molecule has 0 heterocycles. The molecule has 0 aliphatic rings. The molecule has 0 bridgehead atoms. The SMILES string of the molecule is CCCCCCCCCC(CC(=O)O)C(O)[C@H](O)[C@@H](O)[C@H](O)[C@H](O)CO. The fourth-order valence-corrected chi connectivity index (χ4v) is 3.00. The van der Waals surface area contributed by atoms with Gasteiger partial charge in [-0.3, -0.25) is 4.79 Å². The van der Waals surface area contributed by atoms with Gasteiger partial charge in [-0.2, -0.15) is 0 Å². The number of hydrogen-bond acceptors (Lipinski definition) is 7. The summed E-state index contributed by atoms with van der Waals surface area (Å²) in [4.78, 5) is 11.0. The van der Waals surface area contributed by atoms with Gasteiger partial charge >= 0.3 is 5.97 Å². The molecule has 0 spiro atoms. The minimum absolute atomic E-state index is 0.365. The van der Waals surface area contributed by atoms with Crippen molar-refractivity contribution in [1.82, 2.24) is 0 Å². The van der Waals surface area contributed by atoms with Gasteiger partial charge in [-0.1, -0.05) is 51.9 Å². The quantitative estimate of drug-likeness (QED) is 0.185. The van der Waals surface area contributed by atoms with Crippen molar-refractivity contribution in [2.24, 2.45) is 5.92 Å². The molecular formula is C18H36O8. The van der Waals surface area contributed by atoms with E-state index in [4.69, 9.17) is 10.2 Å². The second-order valence-electron chi connectivity index (χ2n) is 6.98. The number of aliphatic hydroxyl groups is 6. The highest BCUT2D eigenvalue weighted by molar-refractivity contribution is 5.67. The van der Waals surface area contributed by atoms with Gasteiger partial charge in [0.25, 0.3) is 0 Å². The van der Waals surface area contributed by atoms with Crippen LogP contribution in [0, 0.1) is 5.92 Å². The molecule has 7 N–H and O–H groups in total. The lowest BCUT2D eigenvalue weighted by molar-refractivity contribution is -0.155. The molecule has 0 radical (unpaired) electrons. The highest BCUT2D eigenvalue weighted by Crippen LogP contribution is 2.23. The van der Waals surface area contributed by atoms with E-state index in [9.17, 15) is 30.3 Å². The van der Waals surface area contributed by atoms with Crippen molar-refractivity contribution in [3.05, 3.63) is 0 Å². The summed E-state index contributed by atoms with van der Waals surface area (Å²) in [5, 5.41) is 66.9. The molecule has 156 valence electrons. The van der Waals surface area contributed by atoms with E-state index in [1.807, 2.05) is 0 Å². The molecule has 0 fully saturated rings. The maximum absolute atomic E-state index is 11.0. The van der Waals surface area contributed by atoms with E-state index in [1.165, 1.54) is 6.42 Å². The summed E-state index contributed by atoms with van der Waals surface area (Å²) in [5.74, 6) is -1.92. The Balaban J connectivity index is 4.56. The Bertz CT molecular complexity index is 365. The first-order valence-corrected chi connectivity index (χ1v) is 9.49. The standard InChI is InChI=1S/C18H36O8/c1-2-3-4-5-6-7-8-9-12(10-14(21)22)15(23)17(25)18(26)16(24)13(20)11-19/h12-13,15-20,23-26H,2-11H2,1H3,(H,21,22)/t12?,13-,15?,16-,17+,18+/m1/s1. The maximum Gasteiger partial charge on any atom is 0.303 e. The molecule has 26 heavy (non-hydrogen) atoms. The second kappa shape index (κ2) is 14.3. The summed E-state index contributed by atoms with van der Waals surface area (Å²) < 4.78 is 0. The molecule has 0 aromatic carbocycles. The monoisotopic (exact) mass is 380 g/mol. The van der Waals surface area contributed by atoms with Crippen LogP contribution in [0.5, 0.6) is 0 Å². The predicted molar refractivity (Wildman–Crippen MR) is 95.5 cm³/mol. The molecule has 0 aliphatic heterocycles. The Morgan fingerprint density at radius 3 is 1.77 bits per heavy atom.